The van der Waals surface area contributed by atoms with Gasteiger partial charge in [0.15, 0.2) is 5.82 Å². The Hall–Kier alpha value is -1.51. The van der Waals surface area contributed by atoms with Gasteiger partial charge in [0, 0.05) is 46.8 Å². The third kappa shape index (κ3) is 3.70. The predicted molar refractivity (Wildman–Crippen MR) is 82.7 cm³/mol. The molecular formula is C15H25N5O3. The fourth-order valence-corrected chi connectivity index (χ4v) is 3.35. The molecule has 0 radical (unpaired) electrons. The molecule has 2 saturated heterocycles. The minimum atomic E-state index is -0.0497. The third-order valence-electron chi connectivity index (χ3n) is 4.75. The summed E-state index contributed by atoms with van der Waals surface area (Å²) in [7, 11) is 3.71. The normalized spacial score (nSPS) is 26.8. The van der Waals surface area contributed by atoms with Crippen molar-refractivity contribution in [3.63, 3.8) is 0 Å². The Kier molecular flexibility index (Phi) is 4.93. The topological polar surface area (TPSA) is 74.9 Å². The summed E-state index contributed by atoms with van der Waals surface area (Å²) in [5.41, 5.74) is 0. The first-order valence-corrected chi connectivity index (χ1v) is 8.10. The molecule has 1 amide bonds. The minimum absolute atomic E-state index is 0.0497. The zero-order chi connectivity index (χ0) is 16.4. The minimum Gasteiger partial charge on any atom is -0.380 e. The monoisotopic (exact) mass is 323 g/mol. The van der Waals surface area contributed by atoms with E-state index in [0.29, 0.717) is 18.3 Å². The molecule has 128 valence electrons. The van der Waals surface area contributed by atoms with Gasteiger partial charge < -0.3 is 14.2 Å². The lowest BCUT2D eigenvalue weighted by molar-refractivity contribution is -0.137. The van der Waals surface area contributed by atoms with E-state index >= 15 is 0 Å². The van der Waals surface area contributed by atoms with E-state index in [1.807, 2.05) is 11.9 Å². The Morgan fingerprint density at radius 1 is 1.35 bits per heavy atom. The van der Waals surface area contributed by atoms with Gasteiger partial charge in [-0.15, -0.1) is 0 Å². The molecule has 8 nitrogen and oxygen atoms in total. The van der Waals surface area contributed by atoms with E-state index in [0.717, 1.165) is 39.1 Å². The number of piperazine rings is 1. The summed E-state index contributed by atoms with van der Waals surface area (Å²) < 4.78 is 10.4. The van der Waals surface area contributed by atoms with Crippen LogP contribution in [0.25, 0.3) is 0 Å². The Morgan fingerprint density at radius 2 is 2.09 bits per heavy atom. The highest BCUT2D eigenvalue weighted by Crippen LogP contribution is 2.20. The molecule has 1 aromatic heterocycles. The Labute approximate surface area is 136 Å². The number of amides is 1. The van der Waals surface area contributed by atoms with E-state index in [1.165, 1.54) is 0 Å². The number of ether oxygens (including phenoxy) is 1. The van der Waals surface area contributed by atoms with Crippen molar-refractivity contribution < 1.29 is 14.1 Å². The number of carbonyl (C=O) groups is 1. The van der Waals surface area contributed by atoms with E-state index in [1.54, 1.807) is 14.0 Å². The number of rotatable bonds is 4. The van der Waals surface area contributed by atoms with E-state index in [4.69, 9.17) is 9.26 Å². The van der Waals surface area contributed by atoms with Crippen LogP contribution in [-0.2, 0) is 16.1 Å². The zero-order valence-electron chi connectivity index (χ0n) is 14.1. The van der Waals surface area contributed by atoms with Crippen molar-refractivity contribution in [2.24, 2.45) is 0 Å². The van der Waals surface area contributed by atoms with Gasteiger partial charge in [-0.1, -0.05) is 5.16 Å². The second-order valence-electron chi connectivity index (χ2n) is 6.38. The molecule has 0 spiro atoms. The third-order valence-corrected chi connectivity index (χ3v) is 4.75. The summed E-state index contributed by atoms with van der Waals surface area (Å²) in [6, 6.07) is -0.0497. The van der Waals surface area contributed by atoms with E-state index in [2.05, 4.69) is 19.9 Å². The number of hydrogen-bond acceptors (Lipinski definition) is 7. The van der Waals surface area contributed by atoms with Gasteiger partial charge in [-0.25, -0.2) is 0 Å². The summed E-state index contributed by atoms with van der Waals surface area (Å²) >= 11 is 0. The zero-order valence-corrected chi connectivity index (χ0v) is 14.1. The van der Waals surface area contributed by atoms with Crippen LogP contribution in [0.3, 0.4) is 0 Å². The molecule has 3 rings (SSSR count). The van der Waals surface area contributed by atoms with Crippen LogP contribution in [0.5, 0.6) is 0 Å². The van der Waals surface area contributed by atoms with Crippen LogP contribution in [0.4, 0.5) is 0 Å². The van der Waals surface area contributed by atoms with Crippen LogP contribution < -0.4 is 0 Å². The first-order chi connectivity index (χ1) is 11.1. The Balaban J connectivity index is 1.49. The van der Waals surface area contributed by atoms with Crippen molar-refractivity contribution in [1.82, 2.24) is 24.8 Å². The van der Waals surface area contributed by atoms with Gasteiger partial charge >= 0.3 is 0 Å². The molecule has 0 aromatic carbocycles. The first kappa shape index (κ1) is 16.4. The Bertz CT molecular complexity index is 541. The maximum absolute atomic E-state index is 12.7. The van der Waals surface area contributed by atoms with Crippen LogP contribution in [0.1, 0.15) is 18.1 Å². The highest BCUT2D eigenvalue weighted by Gasteiger charge is 2.37. The van der Waals surface area contributed by atoms with E-state index < -0.39 is 0 Å². The van der Waals surface area contributed by atoms with Gasteiger partial charge in [-0.3, -0.25) is 14.6 Å². The number of likely N-dealkylation sites (N-methyl/N-ethyl adjacent to an activating group) is 1. The molecule has 2 fully saturated rings. The van der Waals surface area contributed by atoms with Gasteiger partial charge in [0.2, 0.25) is 11.8 Å². The maximum atomic E-state index is 12.7. The van der Waals surface area contributed by atoms with Crippen LogP contribution in [-0.4, -0.2) is 89.8 Å². The lowest BCUT2D eigenvalue weighted by Gasteiger charge is -2.36. The second kappa shape index (κ2) is 6.94. The van der Waals surface area contributed by atoms with Crippen molar-refractivity contribution >= 4 is 5.91 Å². The number of likely N-dealkylation sites (tertiary alicyclic amines) is 1. The number of carbonyl (C=O) groups excluding carboxylic acids is 1. The van der Waals surface area contributed by atoms with Gasteiger partial charge in [0.1, 0.15) is 0 Å². The quantitative estimate of drug-likeness (QED) is 0.756. The average molecular weight is 323 g/mol. The number of methoxy groups -OCH3 is 1. The van der Waals surface area contributed by atoms with Crippen LogP contribution in [0.15, 0.2) is 4.52 Å². The lowest BCUT2D eigenvalue weighted by Crippen LogP contribution is -2.53. The molecule has 0 bridgehead atoms. The van der Waals surface area contributed by atoms with Crippen LogP contribution >= 0.6 is 0 Å². The molecule has 2 atom stereocenters. The highest BCUT2D eigenvalue weighted by molar-refractivity contribution is 5.82. The fourth-order valence-electron chi connectivity index (χ4n) is 3.35. The van der Waals surface area contributed by atoms with Crippen molar-refractivity contribution in [1.29, 1.82) is 0 Å². The Morgan fingerprint density at radius 3 is 2.65 bits per heavy atom. The molecule has 3 heterocycles. The average Bonchev–Trinajstić information content (AvgIpc) is 3.13. The molecule has 23 heavy (non-hydrogen) atoms. The van der Waals surface area contributed by atoms with Crippen LogP contribution in [0, 0.1) is 6.92 Å². The molecule has 8 heteroatoms. The molecule has 0 unspecified atom stereocenters. The molecule has 1 aromatic rings. The van der Waals surface area contributed by atoms with Crippen molar-refractivity contribution in [3.05, 3.63) is 11.7 Å². The van der Waals surface area contributed by atoms with Gasteiger partial charge in [-0.05, 0) is 13.5 Å². The summed E-state index contributed by atoms with van der Waals surface area (Å²) in [6.07, 6.45) is 0.950. The van der Waals surface area contributed by atoms with Crippen molar-refractivity contribution in [3.8, 4) is 0 Å². The molecular weight excluding hydrogens is 298 g/mol. The smallest absolute Gasteiger partial charge is 0.240 e. The van der Waals surface area contributed by atoms with E-state index in [-0.39, 0.29) is 18.1 Å². The van der Waals surface area contributed by atoms with E-state index in [9.17, 15) is 4.79 Å². The largest absolute Gasteiger partial charge is 0.380 e. The van der Waals surface area contributed by atoms with Gasteiger partial charge in [0.05, 0.1) is 18.7 Å². The summed E-state index contributed by atoms with van der Waals surface area (Å²) in [6.45, 7) is 6.46. The maximum Gasteiger partial charge on any atom is 0.240 e. The van der Waals surface area contributed by atoms with Crippen molar-refractivity contribution in [2.45, 2.75) is 32.0 Å². The fraction of sp³-hybridized carbons (Fsp3) is 0.800. The number of hydrogen-bond donors (Lipinski definition) is 0. The van der Waals surface area contributed by atoms with Gasteiger partial charge in [-0.2, -0.15) is 4.98 Å². The van der Waals surface area contributed by atoms with Crippen molar-refractivity contribution in [2.75, 3.05) is 46.9 Å². The van der Waals surface area contributed by atoms with Crippen LogP contribution in [0.2, 0.25) is 0 Å². The summed E-state index contributed by atoms with van der Waals surface area (Å²) in [5.74, 6) is 1.52. The SMILES string of the molecule is CO[C@H]1C[C@@H](C(=O)N2CCN(Cc3noc(C)n3)CC2)N(C)C1. The number of aryl methyl sites for hydroxylation is 1. The highest BCUT2D eigenvalue weighted by atomic mass is 16.5. The summed E-state index contributed by atoms with van der Waals surface area (Å²) in [4.78, 5) is 23.3. The molecule has 0 N–H and O–H groups in total. The molecule has 2 aliphatic heterocycles. The second-order valence-corrected chi connectivity index (χ2v) is 6.38. The molecule has 2 aliphatic rings. The van der Waals surface area contributed by atoms with Gasteiger partial charge in [0.25, 0.3) is 0 Å². The first-order valence-electron chi connectivity index (χ1n) is 8.10. The lowest BCUT2D eigenvalue weighted by atomic mass is 10.1. The molecule has 0 saturated carbocycles. The standard InChI is InChI=1S/C15H25N5O3/c1-11-16-14(17-23-11)10-19-4-6-20(7-5-19)15(21)13-8-12(22-3)9-18(13)2/h12-13H,4-10H2,1-3H3/t12-,13-/m0/s1. The predicted octanol–water partition coefficient (Wildman–Crippen LogP) is -0.259. The summed E-state index contributed by atoms with van der Waals surface area (Å²) in [5, 5.41) is 3.93. The number of aromatic nitrogens is 2. The number of nitrogens with zero attached hydrogens (tertiary/aromatic N) is 5. The molecule has 0 aliphatic carbocycles.